The Morgan fingerprint density at radius 1 is 1.28 bits per heavy atom. The largest absolute Gasteiger partial charge is 0.345 e. The molecule has 1 aromatic carbocycles. The lowest BCUT2D eigenvalue weighted by atomic mass is 10.1. The van der Waals surface area contributed by atoms with Crippen LogP contribution >= 0.6 is 0 Å². The van der Waals surface area contributed by atoms with Crippen molar-refractivity contribution in [2.75, 3.05) is 0 Å². The van der Waals surface area contributed by atoms with Gasteiger partial charge in [-0.25, -0.2) is 23.7 Å². The number of benzene rings is 1. The number of amides is 1. The lowest BCUT2D eigenvalue weighted by molar-refractivity contribution is 0.0949. The lowest BCUT2D eigenvalue weighted by Gasteiger charge is -2.11. The van der Waals surface area contributed by atoms with Crippen molar-refractivity contribution in [2.45, 2.75) is 19.9 Å². The van der Waals surface area contributed by atoms with Gasteiger partial charge in [0.1, 0.15) is 11.5 Å². The van der Waals surface area contributed by atoms with E-state index in [4.69, 9.17) is 0 Å². The van der Waals surface area contributed by atoms with Crippen molar-refractivity contribution in [3.63, 3.8) is 0 Å². The summed E-state index contributed by atoms with van der Waals surface area (Å²) in [5, 5.41) is 2.67. The van der Waals surface area contributed by atoms with Gasteiger partial charge in [-0.15, -0.1) is 0 Å². The van der Waals surface area contributed by atoms with Gasteiger partial charge < -0.3 is 9.88 Å². The van der Waals surface area contributed by atoms with Crippen LogP contribution in [0.2, 0.25) is 0 Å². The number of hydrogen-bond acceptors (Lipinski definition) is 4. The predicted molar refractivity (Wildman–Crippen MR) is 86.5 cm³/mol. The van der Waals surface area contributed by atoms with Crippen LogP contribution in [0.1, 0.15) is 33.9 Å². The van der Waals surface area contributed by atoms with Crippen molar-refractivity contribution in [1.29, 1.82) is 0 Å². The number of nitrogens with zero attached hydrogens (tertiary/aromatic N) is 4. The fourth-order valence-corrected chi connectivity index (χ4v) is 2.33. The Labute approximate surface area is 142 Å². The zero-order valence-electron chi connectivity index (χ0n) is 13.4. The molecule has 3 aromatic rings. The smallest absolute Gasteiger partial charge is 0.280 e. The number of alkyl halides is 2. The number of aryl methyl sites for hydroxylation is 1. The number of hydrogen-bond donors (Lipinski definition) is 1. The minimum absolute atomic E-state index is 0.0449. The molecule has 128 valence electrons. The van der Waals surface area contributed by atoms with Crippen LogP contribution in [0.4, 0.5) is 8.78 Å². The van der Waals surface area contributed by atoms with E-state index in [1.165, 1.54) is 6.20 Å². The Bertz CT molecular complexity index is 881. The molecule has 0 saturated carbocycles. The van der Waals surface area contributed by atoms with Gasteiger partial charge in [0.2, 0.25) is 0 Å². The summed E-state index contributed by atoms with van der Waals surface area (Å²) in [6.45, 7) is 1.83. The van der Waals surface area contributed by atoms with E-state index in [-0.39, 0.29) is 24.0 Å². The molecule has 0 unspecified atom stereocenters. The lowest BCUT2D eigenvalue weighted by Crippen LogP contribution is -2.25. The molecule has 0 fully saturated rings. The van der Waals surface area contributed by atoms with Gasteiger partial charge in [0, 0.05) is 18.6 Å². The third kappa shape index (κ3) is 3.85. The van der Waals surface area contributed by atoms with E-state index >= 15 is 0 Å². The third-order valence-corrected chi connectivity index (χ3v) is 3.54. The Morgan fingerprint density at radius 2 is 2.12 bits per heavy atom. The minimum atomic E-state index is -2.68. The Balaban J connectivity index is 1.80. The number of carbonyl (C=O) groups is 1. The first-order valence-electron chi connectivity index (χ1n) is 7.52. The van der Waals surface area contributed by atoms with E-state index in [2.05, 4.69) is 20.3 Å². The summed E-state index contributed by atoms with van der Waals surface area (Å²) < 4.78 is 27.1. The Hall–Kier alpha value is -3.16. The number of rotatable bonds is 5. The maximum Gasteiger partial charge on any atom is 0.280 e. The highest BCUT2D eigenvalue weighted by atomic mass is 19.3. The molecule has 1 amide bonds. The van der Waals surface area contributed by atoms with Gasteiger partial charge in [-0.05, 0) is 25.1 Å². The molecule has 2 heterocycles. The topological polar surface area (TPSA) is 72.7 Å². The first-order chi connectivity index (χ1) is 12.0. The van der Waals surface area contributed by atoms with Gasteiger partial charge >= 0.3 is 0 Å². The van der Waals surface area contributed by atoms with Crippen LogP contribution in [0.15, 0.2) is 49.2 Å². The van der Waals surface area contributed by atoms with Crippen molar-refractivity contribution in [3.05, 3.63) is 71.8 Å². The minimum Gasteiger partial charge on any atom is -0.345 e. The normalized spacial score (nSPS) is 10.9. The van der Waals surface area contributed by atoms with Gasteiger partial charge in [0.15, 0.2) is 0 Å². The van der Waals surface area contributed by atoms with Gasteiger partial charge in [-0.2, -0.15) is 0 Å². The highest BCUT2D eigenvalue weighted by Gasteiger charge is 2.14. The monoisotopic (exact) mass is 343 g/mol. The van der Waals surface area contributed by atoms with E-state index in [0.717, 1.165) is 11.6 Å². The molecule has 25 heavy (non-hydrogen) atoms. The molecule has 3 rings (SSSR count). The summed E-state index contributed by atoms with van der Waals surface area (Å²) in [7, 11) is 0. The number of halogens is 2. The van der Waals surface area contributed by atoms with E-state index in [1.807, 2.05) is 19.1 Å². The molecule has 6 nitrogen and oxygen atoms in total. The van der Waals surface area contributed by atoms with Crippen LogP contribution in [-0.2, 0) is 6.54 Å². The van der Waals surface area contributed by atoms with E-state index in [1.54, 1.807) is 29.4 Å². The second kappa shape index (κ2) is 7.16. The van der Waals surface area contributed by atoms with Gasteiger partial charge in [0.05, 0.1) is 24.1 Å². The molecule has 1 N–H and O–H groups in total. The van der Waals surface area contributed by atoms with Crippen LogP contribution in [0, 0.1) is 6.92 Å². The zero-order valence-corrected chi connectivity index (χ0v) is 13.4. The second-order valence-corrected chi connectivity index (χ2v) is 5.37. The van der Waals surface area contributed by atoms with Crippen LogP contribution in [0.5, 0.6) is 0 Å². The first kappa shape index (κ1) is 16.7. The van der Waals surface area contributed by atoms with Gasteiger partial charge in [-0.1, -0.05) is 11.6 Å². The van der Waals surface area contributed by atoms with Crippen molar-refractivity contribution in [3.8, 4) is 5.69 Å². The summed E-state index contributed by atoms with van der Waals surface area (Å²) in [5.74, 6) is -0.221. The second-order valence-electron chi connectivity index (χ2n) is 5.37. The Kier molecular flexibility index (Phi) is 4.78. The molecule has 0 spiro atoms. The SMILES string of the molecule is Cc1ccc(-n2ccnc2)c(C(=O)NCc2nccc(C(F)F)n2)c1. The maximum atomic E-state index is 12.7. The fraction of sp³-hybridized carbons (Fsp3) is 0.176. The maximum absolute atomic E-state index is 12.7. The molecule has 2 aromatic heterocycles. The number of imidazole rings is 1. The van der Waals surface area contributed by atoms with E-state index in [0.29, 0.717) is 11.3 Å². The van der Waals surface area contributed by atoms with Crippen LogP contribution in [0.3, 0.4) is 0 Å². The summed E-state index contributed by atoms with van der Waals surface area (Å²) >= 11 is 0. The predicted octanol–water partition coefficient (Wildman–Crippen LogP) is 2.84. The first-order valence-corrected chi connectivity index (χ1v) is 7.52. The van der Waals surface area contributed by atoms with Crippen molar-refractivity contribution in [1.82, 2.24) is 24.8 Å². The quantitative estimate of drug-likeness (QED) is 0.773. The molecular weight excluding hydrogens is 328 g/mol. The molecule has 0 saturated heterocycles. The van der Waals surface area contributed by atoms with Crippen molar-refractivity contribution in [2.24, 2.45) is 0 Å². The Morgan fingerprint density at radius 3 is 2.84 bits per heavy atom. The van der Waals surface area contributed by atoms with Crippen LogP contribution < -0.4 is 5.32 Å². The highest BCUT2D eigenvalue weighted by Crippen LogP contribution is 2.17. The molecule has 0 atom stereocenters. The fourth-order valence-electron chi connectivity index (χ4n) is 2.33. The summed E-state index contributed by atoms with van der Waals surface area (Å²) in [6.07, 6.45) is 3.51. The van der Waals surface area contributed by atoms with Crippen molar-refractivity contribution < 1.29 is 13.6 Å². The molecule has 0 bridgehead atoms. The van der Waals surface area contributed by atoms with Gasteiger partial charge in [0.25, 0.3) is 12.3 Å². The summed E-state index contributed by atoms with van der Waals surface area (Å²) in [4.78, 5) is 24.2. The number of nitrogens with one attached hydrogen (secondary N) is 1. The molecule has 0 aliphatic heterocycles. The standard InChI is InChI=1S/C17H15F2N5O/c1-11-2-3-14(24-7-6-20-10-24)12(8-11)17(25)22-9-15-21-5-4-13(23-15)16(18)19/h2-8,10,16H,9H2,1H3,(H,22,25). The van der Waals surface area contributed by atoms with Crippen LogP contribution in [-0.4, -0.2) is 25.4 Å². The molecule has 0 aliphatic rings. The molecule has 0 aliphatic carbocycles. The summed E-state index contributed by atoms with van der Waals surface area (Å²) in [6, 6.07) is 6.61. The number of aromatic nitrogens is 4. The average Bonchev–Trinajstić information content (AvgIpc) is 3.14. The molecule has 0 radical (unpaired) electrons. The van der Waals surface area contributed by atoms with E-state index in [9.17, 15) is 13.6 Å². The van der Waals surface area contributed by atoms with Crippen molar-refractivity contribution >= 4 is 5.91 Å². The van der Waals surface area contributed by atoms with E-state index < -0.39 is 6.43 Å². The molecular formula is C17H15F2N5O. The highest BCUT2D eigenvalue weighted by molar-refractivity contribution is 5.97. The van der Waals surface area contributed by atoms with Crippen LogP contribution in [0.25, 0.3) is 5.69 Å². The number of carbonyl (C=O) groups excluding carboxylic acids is 1. The average molecular weight is 343 g/mol. The zero-order chi connectivity index (χ0) is 17.8. The molecule has 8 heteroatoms. The van der Waals surface area contributed by atoms with Gasteiger partial charge in [-0.3, -0.25) is 4.79 Å². The third-order valence-electron chi connectivity index (χ3n) is 3.54. The summed E-state index contributed by atoms with van der Waals surface area (Å²) in [5.41, 5.74) is 1.67.